The lowest BCUT2D eigenvalue weighted by Crippen LogP contribution is -2.02. The summed E-state index contributed by atoms with van der Waals surface area (Å²) in [6.45, 7) is 5.51. The molecule has 1 unspecified atom stereocenters. The first kappa shape index (κ1) is 15.6. The van der Waals surface area contributed by atoms with Crippen LogP contribution in [-0.4, -0.2) is 19.6 Å². The summed E-state index contributed by atoms with van der Waals surface area (Å²) in [6.07, 6.45) is 7.52. The number of hydrogen-bond donors (Lipinski definition) is 0. The summed E-state index contributed by atoms with van der Waals surface area (Å²) >= 11 is 1.69. The Morgan fingerprint density at radius 1 is 1.27 bits per heavy atom. The van der Waals surface area contributed by atoms with Gasteiger partial charge in [0.05, 0.1) is 17.6 Å². The molecule has 0 bridgehead atoms. The van der Waals surface area contributed by atoms with Crippen LogP contribution in [0.2, 0.25) is 0 Å². The number of hydrogen-bond acceptors (Lipinski definition) is 3. The van der Waals surface area contributed by atoms with Crippen molar-refractivity contribution >= 4 is 28.3 Å². The molecule has 0 saturated heterocycles. The van der Waals surface area contributed by atoms with Gasteiger partial charge in [0.15, 0.2) is 0 Å². The molecule has 4 aromatic rings. The zero-order valence-corrected chi connectivity index (χ0v) is 15.7. The van der Waals surface area contributed by atoms with Gasteiger partial charge in [0.25, 0.3) is 0 Å². The third-order valence-electron chi connectivity index (χ3n) is 5.31. The van der Waals surface area contributed by atoms with Crippen molar-refractivity contribution in [3.05, 3.63) is 58.6 Å². The lowest BCUT2D eigenvalue weighted by molar-refractivity contribution is 0.736. The van der Waals surface area contributed by atoms with Gasteiger partial charge in [-0.2, -0.15) is 11.3 Å². The minimum Gasteiger partial charge on any atom is -0.341 e. The van der Waals surface area contributed by atoms with E-state index in [-0.39, 0.29) is 0 Å². The van der Waals surface area contributed by atoms with Gasteiger partial charge >= 0.3 is 0 Å². The number of nitrogens with zero attached hydrogens (tertiary/aromatic N) is 4. The van der Waals surface area contributed by atoms with E-state index in [0.717, 1.165) is 29.9 Å². The number of aromatic nitrogens is 4. The zero-order chi connectivity index (χ0) is 17.7. The summed E-state index contributed by atoms with van der Waals surface area (Å²) in [6, 6.07) is 8.77. The molecule has 1 aromatic carbocycles. The summed E-state index contributed by atoms with van der Waals surface area (Å²) in [7, 11) is 0. The molecule has 3 heterocycles. The van der Waals surface area contributed by atoms with Crippen LogP contribution >= 0.6 is 11.3 Å². The molecule has 0 saturated carbocycles. The van der Waals surface area contributed by atoms with Gasteiger partial charge in [-0.1, -0.05) is 18.2 Å². The predicted molar refractivity (Wildman–Crippen MR) is 108 cm³/mol. The van der Waals surface area contributed by atoms with Crippen LogP contribution in [0.1, 0.15) is 37.4 Å². The van der Waals surface area contributed by atoms with Gasteiger partial charge in [-0.25, -0.2) is 4.68 Å². The summed E-state index contributed by atoms with van der Waals surface area (Å²) in [5.74, 6) is 0.535. The van der Waals surface area contributed by atoms with Gasteiger partial charge in [0, 0.05) is 34.1 Å². The van der Waals surface area contributed by atoms with Crippen LogP contribution < -0.4 is 0 Å². The molecule has 130 valence electrons. The maximum absolute atomic E-state index is 4.36. The Kier molecular flexibility index (Phi) is 3.57. The first-order chi connectivity index (χ1) is 12.8. The van der Waals surface area contributed by atoms with Crippen molar-refractivity contribution in [1.82, 2.24) is 19.6 Å². The third-order valence-corrected chi connectivity index (χ3v) is 6.00. The van der Waals surface area contributed by atoms with Crippen molar-refractivity contribution in [2.24, 2.45) is 0 Å². The number of aryl methyl sites for hydroxylation is 1. The van der Waals surface area contributed by atoms with Gasteiger partial charge < -0.3 is 4.57 Å². The fourth-order valence-electron chi connectivity index (χ4n) is 4.09. The first-order valence-electron chi connectivity index (χ1n) is 9.04. The number of fused-ring (bicyclic) bond motifs is 3. The van der Waals surface area contributed by atoms with Crippen LogP contribution in [0.5, 0.6) is 0 Å². The van der Waals surface area contributed by atoms with Crippen molar-refractivity contribution in [3.8, 4) is 16.9 Å². The van der Waals surface area contributed by atoms with E-state index >= 15 is 0 Å². The third kappa shape index (κ3) is 2.20. The van der Waals surface area contributed by atoms with Gasteiger partial charge in [-0.3, -0.25) is 0 Å². The van der Waals surface area contributed by atoms with E-state index in [1.165, 1.54) is 22.2 Å². The Morgan fingerprint density at radius 3 is 3.00 bits per heavy atom. The average molecular weight is 360 g/mol. The Hall–Kier alpha value is -2.66. The van der Waals surface area contributed by atoms with Gasteiger partial charge in [0.1, 0.15) is 0 Å². The zero-order valence-electron chi connectivity index (χ0n) is 14.9. The molecule has 26 heavy (non-hydrogen) atoms. The van der Waals surface area contributed by atoms with Crippen molar-refractivity contribution in [1.29, 1.82) is 0 Å². The van der Waals surface area contributed by atoms with Crippen LogP contribution in [0.25, 0.3) is 33.9 Å². The van der Waals surface area contributed by atoms with Crippen molar-refractivity contribution in [2.75, 3.05) is 0 Å². The van der Waals surface area contributed by atoms with E-state index < -0.39 is 0 Å². The smallest absolute Gasteiger partial charge is 0.0952 e. The van der Waals surface area contributed by atoms with E-state index in [2.05, 4.69) is 75.9 Å². The molecule has 5 heteroatoms. The Morgan fingerprint density at radius 2 is 2.19 bits per heavy atom. The monoisotopic (exact) mass is 360 g/mol. The van der Waals surface area contributed by atoms with E-state index in [4.69, 9.17) is 0 Å². The van der Waals surface area contributed by atoms with Gasteiger partial charge in [-0.05, 0) is 60.5 Å². The summed E-state index contributed by atoms with van der Waals surface area (Å²) < 4.78 is 4.36. The molecule has 4 nitrogen and oxygen atoms in total. The molecule has 1 aliphatic carbocycles. The van der Waals surface area contributed by atoms with Crippen LogP contribution in [0.4, 0.5) is 0 Å². The number of allylic oxidation sites excluding steroid dienone is 1. The highest BCUT2D eigenvalue weighted by Crippen LogP contribution is 2.39. The SMILES string of the molecule is CCn1c2c(c3cc(-n4nncc4-c4ccsc4)ccc31)C(C)CC=C2. The average Bonchev–Trinajstić information content (AvgIpc) is 3.39. The molecule has 3 aromatic heterocycles. The minimum absolute atomic E-state index is 0.535. The molecule has 0 radical (unpaired) electrons. The second-order valence-corrected chi connectivity index (χ2v) is 7.61. The van der Waals surface area contributed by atoms with Crippen molar-refractivity contribution in [2.45, 2.75) is 32.7 Å². The maximum Gasteiger partial charge on any atom is 0.0952 e. The summed E-state index contributed by atoms with van der Waals surface area (Å²) in [5.41, 5.74) is 7.37. The molecule has 1 aliphatic rings. The molecular formula is C21H20N4S. The second kappa shape index (κ2) is 5.95. The van der Waals surface area contributed by atoms with Crippen molar-refractivity contribution < 1.29 is 0 Å². The van der Waals surface area contributed by atoms with E-state index in [1.54, 1.807) is 11.3 Å². The molecule has 0 aliphatic heterocycles. The standard InChI is InChI=1S/C21H20N4S/c1-3-24-18-8-7-16(11-17(18)21-14(2)5-4-6-19(21)24)25-20(12-22-23-25)15-9-10-26-13-15/h4,6-14H,3,5H2,1-2H3. The number of benzene rings is 1. The highest BCUT2D eigenvalue weighted by Gasteiger charge is 2.22. The number of thiophene rings is 1. The van der Waals surface area contributed by atoms with E-state index in [0.29, 0.717) is 5.92 Å². The molecule has 5 rings (SSSR count). The van der Waals surface area contributed by atoms with Gasteiger partial charge in [0.2, 0.25) is 0 Å². The minimum atomic E-state index is 0.535. The molecule has 0 spiro atoms. The Bertz CT molecular complexity index is 1110. The maximum atomic E-state index is 4.36. The highest BCUT2D eigenvalue weighted by atomic mass is 32.1. The van der Waals surface area contributed by atoms with Crippen LogP contribution in [0.3, 0.4) is 0 Å². The quantitative estimate of drug-likeness (QED) is 0.484. The molecular weight excluding hydrogens is 340 g/mol. The summed E-state index contributed by atoms with van der Waals surface area (Å²) in [4.78, 5) is 0. The van der Waals surface area contributed by atoms with Crippen molar-refractivity contribution in [3.63, 3.8) is 0 Å². The Balaban J connectivity index is 1.74. The molecule has 0 amide bonds. The number of rotatable bonds is 3. The van der Waals surface area contributed by atoms with Crippen LogP contribution in [0, 0.1) is 0 Å². The normalized spacial score (nSPS) is 16.3. The first-order valence-corrected chi connectivity index (χ1v) is 9.98. The van der Waals surface area contributed by atoms with E-state index in [1.807, 2.05) is 10.9 Å². The van der Waals surface area contributed by atoms with Crippen LogP contribution in [-0.2, 0) is 6.54 Å². The Labute approximate surface area is 156 Å². The largest absolute Gasteiger partial charge is 0.341 e. The topological polar surface area (TPSA) is 35.6 Å². The molecule has 0 fully saturated rings. The van der Waals surface area contributed by atoms with E-state index in [9.17, 15) is 0 Å². The van der Waals surface area contributed by atoms with Crippen LogP contribution in [0.15, 0.2) is 47.3 Å². The lowest BCUT2D eigenvalue weighted by Gasteiger charge is -2.16. The predicted octanol–water partition coefficient (Wildman–Crippen LogP) is 5.49. The lowest BCUT2D eigenvalue weighted by atomic mass is 9.90. The second-order valence-electron chi connectivity index (χ2n) is 6.83. The fourth-order valence-corrected chi connectivity index (χ4v) is 4.74. The van der Waals surface area contributed by atoms with Gasteiger partial charge in [-0.15, -0.1) is 5.10 Å². The highest BCUT2D eigenvalue weighted by molar-refractivity contribution is 7.08. The molecule has 0 N–H and O–H groups in total. The molecule has 1 atom stereocenters. The fraction of sp³-hybridized carbons (Fsp3) is 0.238. The summed E-state index contributed by atoms with van der Waals surface area (Å²) in [5, 5.41) is 14.1.